The van der Waals surface area contributed by atoms with Gasteiger partial charge >= 0.3 is 0 Å². The van der Waals surface area contributed by atoms with Gasteiger partial charge in [0.05, 0.1) is 17.6 Å². The Balaban J connectivity index is 1.67. The zero-order valence-corrected chi connectivity index (χ0v) is 12.1. The second kappa shape index (κ2) is 5.32. The fourth-order valence-electron chi connectivity index (χ4n) is 3.31. The van der Waals surface area contributed by atoms with Crippen molar-refractivity contribution in [3.8, 4) is 5.69 Å². The molecule has 21 heavy (non-hydrogen) atoms. The van der Waals surface area contributed by atoms with E-state index in [2.05, 4.69) is 59.0 Å². The van der Waals surface area contributed by atoms with Gasteiger partial charge in [-0.25, -0.2) is 4.68 Å². The quantitative estimate of drug-likeness (QED) is 0.692. The molecule has 1 fully saturated rings. The molecule has 0 amide bonds. The summed E-state index contributed by atoms with van der Waals surface area (Å²) in [7, 11) is 0. The molecule has 1 aliphatic rings. The zero-order valence-electron chi connectivity index (χ0n) is 12.1. The topological polar surface area (TPSA) is 30.7 Å². The summed E-state index contributed by atoms with van der Waals surface area (Å²) in [5, 5.41) is 11.2. The van der Waals surface area contributed by atoms with Crippen molar-refractivity contribution in [3.63, 3.8) is 0 Å². The van der Waals surface area contributed by atoms with Gasteiger partial charge in [0.25, 0.3) is 0 Å². The third-order valence-electron chi connectivity index (χ3n) is 4.53. The Morgan fingerprint density at radius 3 is 2.57 bits per heavy atom. The van der Waals surface area contributed by atoms with E-state index in [0.29, 0.717) is 5.92 Å². The van der Waals surface area contributed by atoms with Gasteiger partial charge in [-0.15, -0.1) is 5.10 Å². The van der Waals surface area contributed by atoms with E-state index in [-0.39, 0.29) is 0 Å². The molecule has 1 aromatic heterocycles. The molecule has 0 unspecified atom stereocenters. The molecular formula is C18H19N3. The van der Waals surface area contributed by atoms with Crippen LogP contribution in [0.3, 0.4) is 0 Å². The Labute approximate surface area is 124 Å². The van der Waals surface area contributed by atoms with Crippen LogP contribution >= 0.6 is 0 Å². The van der Waals surface area contributed by atoms with Crippen LogP contribution < -0.4 is 0 Å². The predicted octanol–water partition coefficient (Wildman–Crippen LogP) is 4.47. The van der Waals surface area contributed by atoms with Gasteiger partial charge in [-0.1, -0.05) is 54.8 Å². The SMILES string of the molecule is c1ccc2cc(-n3cc(C4CCCCC4)nn3)ccc2c1. The third-order valence-corrected chi connectivity index (χ3v) is 4.53. The summed E-state index contributed by atoms with van der Waals surface area (Å²) in [4.78, 5) is 0. The molecule has 0 radical (unpaired) electrons. The fraction of sp³-hybridized carbons (Fsp3) is 0.333. The van der Waals surface area contributed by atoms with E-state index < -0.39 is 0 Å². The lowest BCUT2D eigenvalue weighted by Crippen LogP contribution is -2.04. The van der Waals surface area contributed by atoms with E-state index in [1.165, 1.54) is 42.9 Å². The Morgan fingerprint density at radius 2 is 1.71 bits per heavy atom. The first-order valence-electron chi connectivity index (χ1n) is 7.81. The lowest BCUT2D eigenvalue weighted by molar-refractivity contribution is 0.436. The van der Waals surface area contributed by atoms with Crippen molar-refractivity contribution in [2.24, 2.45) is 0 Å². The molecule has 0 atom stereocenters. The molecule has 3 aromatic rings. The number of rotatable bonds is 2. The van der Waals surface area contributed by atoms with Gasteiger partial charge in [-0.2, -0.15) is 0 Å². The monoisotopic (exact) mass is 277 g/mol. The summed E-state index contributed by atoms with van der Waals surface area (Å²) in [6.45, 7) is 0. The van der Waals surface area contributed by atoms with E-state index in [4.69, 9.17) is 0 Å². The first-order chi connectivity index (χ1) is 10.4. The van der Waals surface area contributed by atoms with Gasteiger partial charge in [-0.3, -0.25) is 0 Å². The summed E-state index contributed by atoms with van der Waals surface area (Å²) in [5.41, 5.74) is 2.24. The van der Waals surface area contributed by atoms with Crippen LogP contribution in [0.1, 0.15) is 43.7 Å². The third kappa shape index (κ3) is 2.44. The number of hydrogen-bond donors (Lipinski definition) is 0. The van der Waals surface area contributed by atoms with Crippen LogP contribution in [0, 0.1) is 0 Å². The van der Waals surface area contributed by atoms with Crippen molar-refractivity contribution >= 4 is 10.8 Å². The van der Waals surface area contributed by atoms with Crippen molar-refractivity contribution in [1.29, 1.82) is 0 Å². The first-order valence-corrected chi connectivity index (χ1v) is 7.81. The minimum atomic E-state index is 0.605. The molecule has 1 saturated carbocycles. The Hall–Kier alpha value is -2.16. The fourth-order valence-corrected chi connectivity index (χ4v) is 3.31. The Kier molecular flexibility index (Phi) is 3.18. The van der Waals surface area contributed by atoms with Crippen molar-refractivity contribution in [2.75, 3.05) is 0 Å². The minimum Gasteiger partial charge on any atom is -0.220 e. The Bertz CT molecular complexity index is 754. The highest BCUT2D eigenvalue weighted by Crippen LogP contribution is 2.31. The van der Waals surface area contributed by atoms with Crippen molar-refractivity contribution in [2.45, 2.75) is 38.0 Å². The molecule has 3 nitrogen and oxygen atoms in total. The van der Waals surface area contributed by atoms with Crippen LogP contribution in [0.4, 0.5) is 0 Å². The summed E-state index contributed by atoms with van der Waals surface area (Å²) >= 11 is 0. The summed E-state index contributed by atoms with van der Waals surface area (Å²) in [6, 6.07) is 14.8. The molecule has 3 heteroatoms. The smallest absolute Gasteiger partial charge is 0.0862 e. The number of aromatic nitrogens is 3. The Morgan fingerprint density at radius 1 is 0.905 bits per heavy atom. The van der Waals surface area contributed by atoms with E-state index >= 15 is 0 Å². The van der Waals surface area contributed by atoms with Crippen LogP contribution in [0.2, 0.25) is 0 Å². The van der Waals surface area contributed by atoms with Crippen LogP contribution in [0.25, 0.3) is 16.5 Å². The molecule has 4 rings (SSSR count). The van der Waals surface area contributed by atoms with Crippen molar-refractivity contribution in [1.82, 2.24) is 15.0 Å². The molecule has 1 heterocycles. The lowest BCUT2D eigenvalue weighted by atomic mass is 9.87. The highest BCUT2D eigenvalue weighted by molar-refractivity contribution is 5.84. The number of hydrogen-bond acceptors (Lipinski definition) is 2. The standard InChI is InChI=1S/C18H19N3/c1-2-7-15(8-3-1)18-13-21(20-19-18)17-11-10-14-6-4-5-9-16(14)12-17/h4-6,9-13,15H,1-3,7-8H2. The minimum absolute atomic E-state index is 0.605. The lowest BCUT2D eigenvalue weighted by Gasteiger charge is -2.18. The van der Waals surface area contributed by atoms with Crippen LogP contribution in [0.5, 0.6) is 0 Å². The molecule has 1 aliphatic carbocycles. The summed E-state index contributed by atoms with van der Waals surface area (Å²) in [6.07, 6.45) is 8.66. The van der Waals surface area contributed by atoms with E-state index in [0.717, 1.165) is 11.4 Å². The van der Waals surface area contributed by atoms with Gasteiger partial charge in [0, 0.05) is 5.92 Å². The number of benzene rings is 2. The summed E-state index contributed by atoms with van der Waals surface area (Å²) < 4.78 is 1.91. The van der Waals surface area contributed by atoms with Crippen LogP contribution in [-0.4, -0.2) is 15.0 Å². The number of fused-ring (bicyclic) bond motifs is 1. The van der Waals surface area contributed by atoms with Crippen molar-refractivity contribution in [3.05, 3.63) is 54.4 Å². The largest absolute Gasteiger partial charge is 0.220 e. The van der Waals surface area contributed by atoms with E-state index in [9.17, 15) is 0 Å². The first kappa shape index (κ1) is 12.6. The van der Waals surface area contributed by atoms with Gasteiger partial charge in [-0.05, 0) is 35.7 Å². The number of nitrogens with zero attached hydrogens (tertiary/aromatic N) is 3. The molecule has 0 N–H and O–H groups in total. The highest BCUT2D eigenvalue weighted by atomic mass is 15.4. The normalized spacial score (nSPS) is 16.4. The molecule has 106 valence electrons. The average molecular weight is 277 g/mol. The maximum absolute atomic E-state index is 4.41. The second-order valence-electron chi connectivity index (χ2n) is 5.95. The maximum atomic E-state index is 4.41. The molecular weight excluding hydrogens is 258 g/mol. The van der Waals surface area contributed by atoms with Crippen LogP contribution in [0.15, 0.2) is 48.7 Å². The van der Waals surface area contributed by atoms with Crippen molar-refractivity contribution < 1.29 is 0 Å². The predicted molar refractivity (Wildman–Crippen MR) is 84.7 cm³/mol. The van der Waals surface area contributed by atoms with Gasteiger partial charge in [0.1, 0.15) is 0 Å². The van der Waals surface area contributed by atoms with E-state index in [1.807, 2.05) is 4.68 Å². The maximum Gasteiger partial charge on any atom is 0.0862 e. The molecule has 2 aromatic carbocycles. The van der Waals surface area contributed by atoms with Gasteiger partial charge in [0.2, 0.25) is 0 Å². The van der Waals surface area contributed by atoms with Gasteiger partial charge in [0.15, 0.2) is 0 Å². The second-order valence-corrected chi connectivity index (χ2v) is 5.95. The zero-order chi connectivity index (χ0) is 14.1. The molecule has 0 bridgehead atoms. The molecule has 0 saturated heterocycles. The molecule has 0 aliphatic heterocycles. The highest BCUT2D eigenvalue weighted by Gasteiger charge is 2.18. The average Bonchev–Trinajstić information content (AvgIpc) is 3.05. The molecule has 0 spiro atoms. The van der Waals surface area contributed by atoms with Gasteiger partial charge < -0.3 is 0 Å². The van der Waals surface area contributed by atoms with Crippen LogP contribution in [-0.2, 0) is 0 Å². The summed E-state index contributed by atoms with van der Waals surface area (Å²) in [5.74, 6) is 0.605. The van der Waals surface area contributed by atoms with E-state index in [1.54, 1.807) is 0 Å².